The number of amides is 1. The Labute approximate surface area is 205 Å². The minimum absolute atomic E-state index is 0.220. The monoisotopic (exact) mass is 516 g/mol. The summed E-state index contributed by atoms with van der Waals surface area (Å²) in [6.45, 7) is 0.595. The summed E-state index contributed by atoms with van der Waals surface area (Å²) in [5, 5.41) is 0. The number of anilines is 1. The number of ether oxygens (including phenoxy) is 2. The van der Waals surface area contributed by atoms with E-state index in [2.05, 4.69) is 20.9 Å². The fourth-order valence-corrected chi connectivity index (χ4v) is 4.66. The van der Waals surface area contributed by atoms with E-state index in [1.165, 1.54) is 4.90 Å². The third-order valence-corrected chi connectivity index (χ3v) is 6.49. The largest absolute Gasteiger partial charge is 0.473 e. The topological polar surface area (TPSA) is 68.7 Å². The molecular weight excluding hydrogens is 496 g/mol. The molecule has 1 aliphatic heterocycles. The van der Waals surface area contributed by atoms with Crippen molar-refractivity contribution in [3.05, 3.63) is 108 Å². The first-order valence-corrected chi connectivity index (χ1v) is 11.8. The van der Waals surface area contributed by atoms with Crippen LogP contribution >= 0.6 is 15.9 Å². The van der Waals surface area contributed by atoms with Gasteiger partial charge in [0.05, 0.1) is 5.92 Å². The fraction of sp³-hybridized carbons (Fsp3) is 0.148. The van der Waals surface area contributed by atoms with Gasteiger partial charge in [0, 0.05) is 16.6 Å². The lowest BCUT2D eigenvalue weighted by Gasteiger charge is -2.24. The Morgan fingerprint density at radius 2 is 1.50 bits per heavy atom. The van der Waals surface area contributed by atoms with Gasteiger partial charge < -0.3 is 9.47 Å². The number of nitrogens with zero attached hydrogens (tertiary/aromatic N) is 2. The van der Waals surface area contributed by atoms with Crippen LogP contribution in [0.25, 0.3) is 0 Å². The third kappa shape index (κ3) is 4.39. The summed E-state index contributed by atoms with van der Waals surface area (Å²) in [7, 11) is 0. The number of halogens is 1. The van der Waals surface area contributed by atoms with E-state index in [4.69, 9.17) is 9.47 Å². The van der Waals surface area contributed by atoms with E-state index in [9.17, 15) is 9.59 Å². The predicted octanol–water partition coefficient (Wildman–Crippen LogP) is 4.99. The number of rotatable bonds is 7. The Morgan fingerprint density at radius 3 is 2.18 bits per heavy atom. The quantitative estimate of drug-likeness (QED) is 0.327. The minimum Gasteiger partial charge on any atom is -0.473 e. The molecule has 7 heteroatoms. The summed E-state index contributed by atoms with van der Waals surface area (Å²) < 4.78 is 11.9. The van der Waals surface area contributed by atoms with Gasteiger partial charge in [0.1, 0.15) is 18.9 Å². The molecule has 2 atom stereocenters. The maximum Gasteiger partial charge on any atom is 0.299 e. The lowest BCUT2D eigenvalue weighted by atomic mass is 9.96. The molecule has 2 heterocycles. The van der Waals surface area contributed by atoms with Gasteiger partial charge in [0.25, 0.3) is 5.91 Å². The van der Waals surface area contributed by atoms with Crippen molar-refractivity contribution in [2.75, 3.05) is 4.90 Å². The van der Waals surface area contributed by atoms with E-state index < -0.39 is 17.6 Å². The number of carbonyl (C=O) groups excluding carboxylic acids is 2. The van der Waals surface area contributed by atoms with Crippen molar-refractivity contribution in [1.82, 2.24) is 4.98 Å². The van der Waals surface area contributed by atoms with E-state index in [-0.39, 0.29) is 17.3 Å². The summed E-state index contributed by atoms with van der Waals surface area (Å²) in [6.07, 6.45) is 5.47. The van der Waals surface area contributed by atoms with Crippen LogP contribution in [-0.2, 0) is 22.8 Å². The first kappa shape index (κ1) is 22.1. The van der Waals surface area contributed by atoms with Gasteiger partial charge in [0.15, 0.2) is 0 Å². The van der Waals surface area contributed by atoms with Crippen molar-refractivity contribution >= 4 is 33.3 Å². The number of allylic oxidation sites excluding steroid dienone is 4. The van der Waals surface area contributed by atoms with Gasteiger partial charge >= 0.3 is 0 Å². The molecule has 5 rings (SSSR count). The number of hydrogen-bond acceptors (Lipinski definition) is 5. The third-order valence-electron chi connectivity index (χ3n) is 5.66. The van der Waals surface area contributed by atoms with Crippen molar-refractivity contribution in [2.24, 2.45) is 5.92 Å². The molecule has 0 radical (unpaired) electrons. The number of benzene rings is 2. The van der Waals surface area contributed by atoms with Crippen LogP contribution in [0, 0.1) is 5.92 Å². The summed E-state index contributed by atoms with van der Waals surface area (Å²) >= 11 is 3.50. The number of alkyl halides is 1. The van der Waals surface area contributed by atoms with Crippen LogP contribution in [0.15, 0.2) is 96.7 Å². The van der Waals surface area contributed by atoms with Gasteiger partial charge in [-0.25, -0.2) is 0 Å². The Bertz CT molecular complexity index is 1270. The number of Topliss-reactive ketones (excluding diaryl/α,β-unsaturated/α-hetero) is 1. The average molecular weight is 517 g/mol. The molecule has 34 heavy (non-hydrogen) atoms. The van der Waals surface area contributed by atoms with Crippen LogP contribution in [-0.4, -0.2) is 21.5 Å². The second kappa shape index (κ2) is 9.65. The SMILES string of the molecule is O=C1C(=O)N(c2ccc(OCc3ccccc3)nc2OCc2ccccc2)C2=CC=CC(Br)C12. The maximum absolute atomic E-state index is 13.0. The molecule has 1 fully saturated rings. The van der Waals surface area contributed by atoms with Crippen LogP contribution in [0.4, 0.5) is 5.69 Å². The number of pyridine rings is 1. The van der Waals surface area contributed by atoms with E-state index in [1.54, 1.807) is 18.2 Å². The van der Waals surface area contributed by atoms with Crippen molar-refractivity contribution < 1.29 is 19.1 Å². The van der Waals surface area contributed by atoms with Crippen molar-refractivity contribution in [2.45, 2.75) is 18.0 Å². The molecule has 1 aromatic heterocycles. The van der Waals surface area contributed by atoms with E-state index in [0.717, 1.165) is 11.1 Å². The number of hydrogen-bond donors (Lipinski definition) is 0. The second-order valence-corrected chi connectivity index (χ2v) is 8.98. The predicted molar refractivity (Wildman–Crippen MR) is 132 cm³/mol. The highest BCUT2D eigenvalue weighted by Gasteiger charge is 2.48. The molecule has 0 bridgehead atoms. The molecule has 0 spiro atoms. The van der Waals surface area contributed by atoms with Crippen molar-refractivity contribution in [3.63, 3.8) is 0 Å². The lowest BCUT2D eigenvalue weighted by molar-refractivity contribution is -0.135. The Kier molecular flexibility index (Phi) is 6.27. The van der Waals surface area contributed by atoms with Crippen LogP contribution < -0.4 is 14.4 Å². The number of fused-ring (bicyclic) bond motifs is 1. The zero-order valence-electron chi connectivity index (χ0n) is 18.1. The molecule has 2 unspecified atom stereocenters. The van der Waals surface area contributed by atoms with Gasteiger partial charge in [-0.05, 0) is 23.3 Å². The van der Waals surface area contributed by atoms with E-state index >= 15 is 0 Å². The molecule has 0 saturated carbocycles. The molecule has 2 aliphatic rings. The Hall–Kier alpha value is -3.71. The van der Waals surface area contributed by atoms with Gasteiger partial charge in [-0.3, -0.25) is 14.5 Å². The maximum atomic E-state index is 13.0. The van der Waals surface area contributed by atoms with E-state index in [0.29, 0.717) is 23.9 Å². The zero-order chi connectivity index (χ0) is 23.5. The molecule has 1 saturated heterocycles. The first-order chi connectivity index (χ1) is 16.6. The molecule has 170 valence electrons. The highest BCUT2D eigenvalue weighted by atomic mass is 79.9. The summed E-state index contributed by atoms with van der Waals surface area (Å²) in [5.74, 6) is -1.06. The van der Waals surface area contributed by atoms with Crippen LogP contribution in [0.1, 0.15) is 11.1 Å². The standard InChI is InChI=1S/C27H21BrN2O4/c28-20-12-7-13-21-24(20)25(31)27(32)30(21)22-14-15-23(33-16-18-8-3-1-4-9-18)29-26(22)34-17-19-10-5-2-6-11-19/h1-15,20,24H,16-17H2. The number of carbonyl (C=O) groups is 2. The van der Waals surface area contributed by atoms with Gasteiger partial charge in [-0.2, -0.15) is 4.98 Å². The summed E-state index contributed by atoms with van der Waals surface area (Å²) in [6, 6.07) is 22.8. The molecule has 1 amide bonds. The highest BCUT2D eigenvalue weighted by molar-refractivity contribution is 9.09. The molecule has 0 N–H and O–H groups in total. The minimum atomic E-state index is -0.603. The molecule has 1 aliphatic carbocycles. The fourth-order valence-electron chi connectivity index (χ4n) is 3.97. The molecular formula is C27H21BrN2O4. The van der Waals surface area contributed by atoms with Crippen LogP contribution in [0.2, 0.25) is 0 Å². The van der Waals surface area contributed by atoms with Crippen LogP contribution in [0.5, 0.6) is 11.8 Å². The zero-order valence-corrected chi connectivity index (χ0v) is 19.7. The van der Waals surface area contributed by atoms with E-state index in [1.807, 2.05) is 72.8 Å². The summed E-state index contributed by atoms with van der Waals surface area (Å²) in [5.41, 5.74) is 2.97. The highest BCUT2D eigenvalue weighted by Crippen LogP contribution is 2.42. The van der Waals surface area contributed by atoms with Crippen molar-refractivity contribution in [1.29, 1.82) is 0 Å². The number of ketones is 1. The Morgan fingerprint density at radius 1 is 0.853 bits per heavy atom. The van der Waals surface area contributed by atoms with Gasteiger partial charge in [0.2, 0.25) is 17.5 Å². The van der Waals surface area contributed by atoms with Gasteiger partial charge in [-0.15, -0.1) is 0 Å². The van der Waals surface area contributed by atoms with Gasteiger partial charge in [-0.1, -0.05) is 88.7 Å². The Balaban J connectivity index is 1.47. The molecule has 3 aromatic rings. The number of aromatic nitrogens is 1. The second-order valence-electron chi connectivity index (χ2n) is 7.93. The van der Waals surface area contributed by atoms with Crippen molar-refractivity contribution in [3.8, 4) is 11.8 Å². The molecule has 2 aromatic carbocycles. The normalized spacial score (nSPS) is 19.1. The molecule has 6 nitrogen and oxygen atoms in total. The average Bonchev–Trinajstić information content (AvgIpc) is 3.13. The first-order valence-electron chi connectivity index (χ1n) is 10.9. The lowest BCUT2D eigenvalue weighted by Crippen LogP contribution is -2.26. The summed E-state index contributed by atoms with van der Waals surface area (Å²) in [4.78, 5) is 31.5. The smallest absolute Gasteiger partial charge is 0.299 e. The van der Waals surface area contributed by atoms with Crippen LogP contribution in [0.3, 0.4) is 0 Å².